The lowest BCUT2D eigenvalue weighted by Gasteiger charge is -2.26. The molecule has 4 aromatic rings. The lowest BCUT2D eigenvalue weighted by molar-refractivity contribution is -0.258. The number of pyridine rings is 1. The molecular weight excluding hydrogens is 580 g/mol. The molecule has 0 spiro atoms. The number of thiophene rings is 1. The molecule has 1 saturated carbocycles. The van der Waals surface area contributed by atoms with Crippen molar-refractivity contribution >= 4 is 54.6 Å². The highest BCUT2D eigenvalue weighted by atomic mass is 35.5. The molecule has 0 saturated heterocycles. The summed E-state index contributed by atoms with van der Waals surface area (Å²) in [5.74, 6) is 0. The van der Waals surface area contributed by atoms with Crippen LogP contribution >= 0.6 is 34.5 Å². The van der Waals surface area contributed by atoms with E-state index >= 15 is 0 Å². The van der Waals surface area contributed by atoms with E-state index in [1.165, 1.54) is 23.6 Å². The zero-order valence-corrected chi connectivity index (χ0v) is 22.9. The number of hydrogen-bond donors (Lipinski definition) is 2. The van der Waals surface area contributed by atoms with Crippen molar-refractivity contribution in [2.75, 3.05) is 0 Å². The Balaban J connectivity index is 1.65. The van der Waals surface area contributed by atoms with Crippen LogP contribution in [0.25, 0.3) is 21.3 Å². The Morgan fingerprint density at radius 1 is 1.11 bits per heavy atom. The maximum Gasteiger partial charge on any atom is 0.421 e. The highest BCUT2D eigenvalue weighted by molar-refractivity contribution is 7.90. The molecule has 5 rings (SSSR count). The van der Waals surface area contributed by atoms with Gasteiger partial charge in [0.25, 0.3) is 0 Å². The highest BCUT2D eigenvalue weighted by Gasteiger charge is 2.51. The fraction of sp³-hybridized carbons (Fsp3) is 0.269. The zero-order chi connectivity index (χ0) is 27.5. The van der Waals surface area contributed by atoms with E-state index in [1.807, 2.05) is 0 Å². The normalized spacial score (nSPS) is 16.9. The Morgan fingerprint density at radius 2 is 1.82 bits per heavy atom. The van der Waals surface area contributed by atoms with Gasteiger partial charge in [0, 0.05) is 31.4 Å². The molecule has 0 aliphatic heterocycles. The van der Waals surface area contributed by atoms with Crippen molar-refractivity contribution in [3.05, 3.63) is 86.8 Å². The molecule has 200 valence electrons. The van der Waals surface area contributed by atoms with Crippen LogP contribution in [0.2, 0.25) is 10.0 Å². The number of rotatable bonds is 7. The van der Waals surface area contributed by atoms with Crippen molar-refractivity contribution in [3.63, 3.8) is 0 Å². The Kier molecular flexibility index (Phi) is 7.03. The minimum atomic E-state index is -4.90. The molecule has 12 heteroatoms. The second-order valence-electron chi connectivity index (χ2n) is 9.34. The summed E-state index contributed by atoms with van der Waals surface area (Å²) in [6, 6.07) is 13.5. The molecule has 1 aliphatic rings. The molecule has 2 heterocycles. The lowest BCUT2D eigenvalue weighted by Crippen LogP contribution is -2.39. The van der Waals surface area contributed by atoms with Gasteiger partial charge in [0.2, 0.25) is 10.0 Å². The van der Waals surface area contributed by atoms with Gasteiger partial charge in [-0.1, -0.05) is 41.4 Å². The van der Waals surface area contributed by atoms with E-state index in [-0.39, 0.29) is 11.3 Å². The molecule has 0 bridgehead atoms. The predicted octanol–water partition coefficient (Wildman–Crippen LogP) is 7.21. The van der Waals surface area contributed by atoms with Crippen LogP contribution in [0.3, 0.4) is 0 Å². The van der Waals surface area contributed by atoms with Crippen molar-refractivity contribution in [1.29, 1.82) is 0 Å². The van der Waals surface area contributed by atoms with Gasteiger partial charge in [0.05, 0.1) is 17.0 Å². The first kappa shape index (κ1) is 27.4. The highest BCUT2D eigenvalue weighted by Crippen LogP contribution is 2.44. The Morgan fingerprint density at radius 3 is 2.47 bits per heavy atom. The third kappa shape index (κ3) is 5.17. The number of nitrogens with zero attached hydrogens (tertiary/aromatic N) is 1. The van der Waals surface area contributed by atoms with Crippen LogP contribution in [0.1, 0.15) is 41.8 Å². The van der Waals surface area contributed by atoms with E-state index in [4.69, 9.17) is 23.2 Å². The average Bonchev–Trinajstić information content (AvgIpc) is 3.63. The van der Waals surface area contributed by atoms with Crippen LogP contribution in [0.15, 0.2) is 60.8 Å². The van der Waals surface area contributed by atoms with Gasteiger partial charge in [-0.25, -0.2) is 13.1 Å². The van der Waals surface area contributed by atoms with E-state index in [2.05, 4.69) is 9.71 Å². The van der Waals surface area contributed by atoms with Gasteiger partial charge in [-0.15, -0.1) is 11.3 Å². The fourth-order valence-corrected chi connectivity index (χ4v) is 7.45. The first-order valence-electron chi connectivity index (χ1n) is 11.5. The SMILES string of the molecule is CC(O)(c1ccnc(-c2cc(Cl)cc3cc(C(NS(=O)(=O)C4CC4)c4ccccc4Cl)sc23)c1)C(F)(F)F. The number of sulfonamides is 1. The summed E-state index contributed by atoms with van der Waals surface area (Å²) in [4.78, 5) is 4.88. The maximum atomic E-state index is 13.5. The number of nitrogens with one attached hydrogen (secondary N) is 1. The number of aromatic nitrogens is 1. The van der Waals surface area contributed by atoms with Crippen molar-refractivity contribution in [2.24, 2.45) is 0 Å². The molecular formula is C26H21Cl2F3N2O3S2. The molecule has 0 radical (unpaired) electrons. The van der Waals surface area contributed by atoms with Crippen LogP contribution in [0.5, 0.6) is 0 Å². The van der Waals surface area contributed by atoms with Crippen molar-refractivity contribution < 1.29 is 26.7 Å². The van der Waals surface area contributed by atoms with Crippen molar-refractivity contribution in [1.82, 2.24) is 9.71 Å². The van der Waals surface area contributed by atoms with Gasteiger partial charge in [0.1, 0.15) is 0 Å². The second-order valence-corrected chi connectivity index (χ2v) is 13.3. The molecule has 2 aromatic heterocycles. The van der Waals surface area contributed by atoms with Crippen molar-refractivity contribution in [2.45, 2.75) is 42.8 Å². The monoisotopic (exact) mass is 600 g/mol. The smallest absolute Gasteiger partial charge is 0.376 e. The predicted molar refractivity (Wildman–Crippen MR) is 144 cm³/mol. The van der Waals surface area contributed by atoms with Crippen LogP contribution in [-0.2, 0) is 15.6 Å². The molecule has 1 aliphatic carbocycles. The molecule has 38 heavy (non-hydrogen) atoms. The summed E-state index contributed by atoms with van der Waals surface area (Å²) in [6.45, 7) is 0.684. The van der Waals surface area contributed by atoms with Crippen LogP contribution in [0, 0.1) is 0 Å². The summed E-state index contributed by atoms with van der Waals surface area (Å²) in [5.41, 5.74) is -2.25. The third-order valence-electron chi connectivity index (χ3n) is 6.50. The van der Waals surface area contributed by atoms with Crippen LogP contribution in [-0.4, -0.2) is 29.9 Å². The first-order valence-corrected chi connectivity index (χ1v) is 14.6. The van der Waals surface area contributed by atoms with Crippen LogP contribution in [0.4, 0.5) is 13.2 Å². The number of alkyl halides is 3. The second kappa shape index (κ2) is 9.76. The molecule has 1 fully saturated rings. The standard InChI is InChI=1S/C26H21Cl2F3N2O3S2/c1-25(34,26(29,30)31)15-8-9-32-21(12-15)19-13-16(27)10-14-11-22(37-24(14)19)23(18-4-2-3-5-20(18)28)33-38(35,36)17-6-7-17/h2-5,8-13,17,23,33-34H,6-7H2,1H3. The van der Waals surface area contributed by atoms with Gasteiger partial charge in [-0.05, 0) is 72.7 Å². The molecule has 2 N–H and O–H groups in total. The molecule has 2 atom stereocenters. The molecule has 5 nitrogen and oxygen atoms in total. The Labute approximate surface area is 231 Å². The molecule has 0 amide bonds. The van der Waals surface area contributed by atoms with Crippen molar-refractivity contribution in [3.8, 4) is 11.3 Å². The zero-order valence-electron chi connectivity index (χ0n) is 19.8. The maximum absolute atomic E-state index is 13.5. The largest absolute Gasteiger partial charge is 0.421 e. The summed E-state index contributed by atoms with van der Waals surface area (Å²) in [7, 11) is -3.62. The number of aliphatic hydroxyl groups is 1. The molecule has 2 aromatic carbocycles. The van der Waals surface area contributed by atoms with Crippen LogP contribution < -0.4 is 4.72 Å². The van der Waals surface area contributed by atoms with E-state index in [0.717, 1.165) is 6.07 Å². The average molecular weight is 601 g/mol. The van der Waals surface area contributed by atoms with E-state index < -0.39 is 33.1 Å². The number of halogens is 5. The molecule has 2 unspecified atom stereocenters. The van der Waals surface area contributed by atoms with E-state index in [0.29, 0.717) is 55.9 Å². The topological polar surface area (TPSA) is 79.3 Å². The number of benzene rings is 2. The Hall–Kier alpha value is -2.21. The lowest BCUT2D eigenvalue weighted by atomic mass is 9.94. The van der Waals surface area contributed by atoms with Gasteiger partial charge in [0.15, 0.2) is 5.60 Å². The third-order valence-corrected chi connectivity index (χ3v) is 10.2. The van der Waals surface area contributed by atoms with E-state index in [1.54, 1.807) is 42.5 Å². The first-order chi connectivity index (χ1) is 17.8. The summed E-state index contributed by atoms with van der Waals surface area (Å²) in [5, 5.41) is 11.1. The summed E-state index contributed by atoms with van der Waals surface area (Å²) < 4.78 is 69.8. The van der Waals surface area contributed by atoms with Gasteiger partial charge < -0.3 is 5.11 Å². The fourth-order valence-electron chi connectivity index (χ4n) is 4.14. The van der Waals surface area contributed by atoms with Gasteiger partial charge in [-0.3, -0.25) is 4.98 Å². The quantitative estimate of drug-likeness (QED) is 0.235. The Bertz CT molecular complexity index is 1630. The van der Waals surface area contributed by atoms with E-state index in [9.17, 15) is 26.7 Å². The minimum Gasteiger partial charge on any atom is -0.376 e. The number of fused-ring (bicyclic) bond motifs is 1. The summed E-state index contributed by atoms with van der Waals surface area (Å²) in [6.07, 6.45) is -2.53. The van der Waals surface area contributed by atoms with Gasteiger partial charge >= 0.3 is 6.18 Å². The number of hydrogen-bond acceptors (Lipinski definition) is 5. The summed E-state index contributed by atoms with van der Waals surface area (Å²) >= 11 is 14.1. The van der Waals surface area contributed by atoms with Gasteiger partial charge in [-0.2, -0.15) is 13.2 Å². The minimum absolute atomic E-state index is 0.181.